The van der Waals surface area contributed by atoms with Gasteiger partial charge in [-0.05, 0) is 75.0 Å². The molecule has 3 N–H and O–H groups in total. The number of allylic oxidation sites excluding steroid dienone is 3. The van der Waals surface area contributed by atoms with E-state index in [9.17, 15) is 9.59 Å². The molecule has 4 rings (SSSR count). The first-order chi connectivity index (χ1) is 15.8. The standard InChI is InChI=1S/C27H40Cl2N2O2.H2O/c1-18(2)24(30-25(32)20-7-11-22(29)12-8-20)26(33)31-16-13-23(19-5-9-21(28)10-6-19)27(17-31)14-3-4-15-27;/h5,7,18,21-24H,3-4,6,8-17H2,1-2H3,(H,30,32);1H2/t21?,22?,23?,24-;/m1./s1. The van der Waals surface area contributed by atoms with E-state index in [4.69, 9.17) is 23.2 Å². The molecule has 4 aliphatic rings. The summed E-state index contributed by atoms with van der Waals surface area (Å²) in [4.78, 5) is 28.7. The van der Waals surface area contributed by atoms with Gasteiger partial charge in [-0.3, -0.25) is 9.59 Å². The first-order valence-corrected chi connectivity index (χ1v) is 13.9. The highest BCUT2D eigenvalue weighted by Crippen LogP contribution is 2.52. The van der Waals surface area contributed by atoms with Crippen LogP contribution in [0.15, 0.2) is 23.3 Å². The number of hydrogen-bond donors (Lipinski definition) is 1. The maximum Gasteiger partial charge on any atom is 0.247 e. The number of carbonyl (C=O) groups is 2. The van der Waals surface area contributed by atoms with Crippen LogP contribution in [0.25, 0.3) is 0 Å². The number of likely N-dealkylation sites (tertiary alicyclic amines) is 1. The van der Waals surface area contributed by atoms with Crippen molar-refractivity contribution < 1.29 is 15.1 Å². The lowest BCUT2D eigenvalue weighted by molar-refractivity contribution is -0.141. The fourth-order valence-electron chi connectivity index (χ4n) is 6.60. The van der Waals surface area contributed by atoms with Crippen LogP contribution in [-0.4, -0.2) is 52.1 Å². The van der Waals surface area contributed by atoms with Gasteiger partial charge in [0.05, 0.1) is 0 Å². The number of alkyl halides is 2. The van der Waals surface area contributed by atoms with Crippen molar-refractivity contribution in [1.29, 1.82) is 0 Å². The van der Waals surface area contributed by atoms with Crippen LogP contribution in [0.2, 0.25) is 0 Å². The van der Waals surface area contributed by atoms with Crippen LogP contribution < -0.4 is 5.32 Å². The third kappa shape index (κ3) is 6.02. The molecule has 192 valence electrons. The van der Waals surface area contributed by atoms with Crippen molar-refractivity contribution in [2.75, 3.05) is 13.1 Å². The van der Waals surface area contributed by atoms with Crippen LogP contribution >= 0.6 is 23.2 Å². The number of halogens is 2. The predicted octanol–water partition coefficient (Wildman–Crippen LogP) is 5.15. The van der Waals surface area contributed by atoms with Crippen molar-refractivity contribution in [3.8, 4) is 0 Å². The molecule has 1 heterocycles. The minimum atomic E-state index is -0.479. The zero-order valence-electron chi connectivity index (χ0n) is 20.8. The van der Waals surface area contributed by atoms with E-state index < -0.39 is 6.04 Å². The Morgan fingerprint density at radius 1 is 1.03 bits per heavy atom. The van der Waals surface area contributed by atoms with Gasteiger partial charge in [-0.25, -0.2) is 0 Å². The highest BCUT2D eigenvalue weighted by molar-refractivity contribution is 6.21. The molecule has 0 aromatic carbocycles. The monoisotopic (exact) mass is 512 g/mol. The van der Waals surface area contributed by atoms with E-state index in [1.165, 1.54) is 25.7 Å². The molecule has 1 spiro atoms. The number of hydrogen-bond acceptors (Lipinski definition) is 2. The van der Waals surface area contributed by atoms with E-state index in [1.807, 2.05) is 19.9 Å². The number of nitrogens with zero attached hydrogens (tertiary/aromatic N) is 1. The average molecular weight is 514 g/mol. The van der Waals surface area contributed by atoms with Gasteiger partial charge in [-0.2, -0.15) is 0 Å². The van der Waals surface area contributed by atoms with Crippen molar-refractivity contribution in [1.82, 2.24) is 10.2 Å². The maximum atomic E-state index is 13.7. The van der Waals surface area contributed by atoms with Gasteiger partial charge in [-0.1, -0.05) is 44.4 Å². The van der Waals surface area contributed by atoms with Gasteiger partial charge < -0.3 is 15.7 Å². The van der Waals surface area contributed by atoms with Crippen molar-refractivity contribution in [3.63, 3.8) is 0 Å². The summed E-state index contributed by atoms with van der Waals surface area (Å²) in [6.45, 7) is 5.66. The Labute approximate surface area is 215 Å². The molecule has 1 saturated heterocycles. The molecule has 34 heavy (non-hydrogen) atoms. The van der Waals surface area contributed by atoms with Crippen LogP contribution in [0.3, 0.4) is 0 Å². The third-order valence-electron chi connectivity index (χ3n) is 8.53. The van der Waals surface area contributed by atoms with E-state index >= 15 is 0 Å². The van der Waals surface area contributed by atoms with Gasteiger partial charge in [-0.15, -0.1) is 23.2 Å². The fourth-order valence-corrected chi connectivity index (χ4v) is 7.00. The van der Waals surface area contributed by atoms with Gasteiger partial charge in [0.25, 0.3) is 0 Å². The van der Waals surface area contributed by atoms with Crippen molar-refractivity contribution in [2.45, 2.75) is 101 Å². The number of rotatable bonds is 5. The number of amides is 2. The third-order valence-corrected chi connectivity index (χ3v) is 9.32. The largest absolute Gasteiger partial charge is 0.412 e. The van der Waals surface area contributed by atoms with E-state index in [1.54, 1.807) is 5.57 Å². The highest BCUT2D eigenvalue weighted by atomic mass is 35.5. The fraction of sp³-hybridized carbons (Fsp3) is 0.778. The molecule has 5 nitrogen and oxygen atoms in total. The van der Waals surface area contributed by atoms with E-state index in [0.29, 0.717) is 12.3 Å². The lowest BCUT2D eigenvalue weighted by Crippen LogP contribution is -2.57. The zero-order chi connectivity index (χ0) is 23.6. The van der Waals surface area contributed by atoms with Gasteiger partial charge in [0.15, 0.2) is 0 Å². The maximum absolute atomic E-state index is 13.7. The summed E-state index contributed by atoms with van der Waals surface area (Å²) in [5.41, 5.74) is 2.57. The SMILES string of the molecule is CC(C)[C@@H](NC(=O)C1=CCC(Cl)CC1)C(=O)N1CCC(C2=CCC(Cl)CC2)C2(CCCC2)C1.O. The molecule has 7 heteroatoms. The zero-order valence-corrected chi connectivity index (χ0v) is 22.3. The molecule has 2 fully saturated rings. The molecule has 3 unspecified atom stereocenters. The summed E-state index contributed by atoms with van der Waals surface area (Å²) in [7, 11) is 0. The molecule has 3 aliphatic carbocycles. The Kier molecular flexibility index (Phi) is 9.56. The minimum absolute atomic E-state index is 0. The number of carbonyl (C=O) groups excluding carboxylic acids is 2. The Morgan fingerprint density at radius 3 is 2.24 bits per heavy atom. The van der Waals surface area contributed by atoms with E-state index in [-0.39, 0.29) is 39.4 Å². The smallest absolute Gasteiger partial charge is 0.247 e. The van der Waals surface area contributed by atoms with Crippen LogP contribution in [0.4, 0.5) is 0 Å². The average Bonchev–Trinajstić information content (AvgIpc) is 3.26. The molecule has 0 aromatic heterocycles. The second-order valence-corrected chi connectivity index (χ2v) is 12.4. The van der Waals surface area contributed by atoms with Crippen LogP contribution in [0, 0.1) is 17.3 Å². The number of nitrogens with one attached hydrogen (secondary N) is 1. The second kappa shape index (κ2) is 11.8. The molecule has 4 atom stereocenters. The lowest BCUT2D eigenvalue weighted by atomic mass is 9.65. The Hall–Kier alpha value is -1.04. The first-order valence-electron chi connectivity index (χ1n) is 13.0. The van der Waals surface area contributed by atoms with Gasteiger partial charge in [0.1, 0.15) is 6.04 Å². The van der Waals surface area contributed by atoms with Crippen molar-refractivity contribution >= 4 is 35.0 Å². The summed E-state index contributed by atoms with van der Waals surface area (Å²) in [5, 5.41) is 3.48. The summed E-state index contributed by atoms with van der Waals surface area (Å²) in [6.07, 6.45) is 15.7. The lowest BCUT2D eigenvalue weighted by Gasteiger charge is -2.49. The molecule has 1 saturated carbocycles. The predicted molar refractivity (Wildman–Crippen MR) is 139 cm³/mol. The van der Waals surface area contributed by atoms with Crippen molar-refractivity contribution in [3.05, 3.63) is 23.3 Å². The van der Waals surface area contributed by atoms with Gasteiger partial charge in [0, 0.05) is 29.4 Å². The topological polar surface area (TPSA) is 80.9 Å². The first kappa shape index (κ1) is 27.5. The molecular formula is C27H42Cl2N2O3. The van der Waals surface area contributed by atoms with Gasteiger partial charge in [0.2, 0.25) is 11.8 Å². The van der Waals surface area contributed by atoms with Crippen LogP contribution in [-0.2, 0) is 9.59 Å². The molecule has 0 bridgehead atoms. The molecule has 0 radical (unpaired) electrons. The summed E-state index contributed by atoms with van der Waals surface area (Å²) in [6, 6.07) is -0.479. The van der Waals surface area contributed by atoms with E-state index in [2.05, 4.69) is 16.3 Å². The Bertz CT molecular complexity index is 804. The minimum Gasteiger partial charge on any atom is -0.412 e. The quantitative estimate of drug-likeness (QED) is 0.408. The summed E-state index contributed by atoms with van der Waals surface area (Å²) < 4.78 is 0. The highest BCUT2D eigenvalue weighted by Gasteiger charge is 2.48. The second-order valence-electron chi connectivity index (χ2n) is 11.1. The van der Waals surface area contributed by atoms with Crippen LogP contribution in [0.5, 0.6) is 0 Å². The molecular weight excluding hydrogens is 471 g/mol. The molecule has 2 amide bonds. The van der Waals surface area contributed by atoms with Crippen LogP contribution in [0.1, 0.15) is 84.5 Å². The molecule has 0 aromatic rings. The normalized spacial score (nSPS) is 29.8. The number of piperidine rings is 1. The van der Waals surface area contributed by atoms with E-state index in [0.717, 1.165) is 57.2 Å². The Balaban J connectivity index is 0.00000324. The summed E-state index contributed by atoms with van der Waals surface area (Å²) >= 11 is 12.5. The Morgan fingerprint density at radius 2 is 1.68 bits per heavy atom. The van der Waals surface area contributed by atoms with Crippen molar-refractivity contribution in [2.24, 2.45) is 17.3 Å². The summed E-state index contributed by atoms with van der Waals surface area (Å²) in [5.74, 6) is 0.619. The van der Waals surface area contributed by atoms with Gasteiger partial charge >= 0.3 is 0 Å². The molecule has 1 aliphatic heterocycles.